The van der Waals surface area contributed by atoms with Gasteiger partial charge in [0, 0.05) is 11.6 Å². The zero-order valence-electron chi connectivity index (χ0n) is 10.5. The first kappa shape index (κ1) is 12.5. The van der Waals surface area contributed by atoms with Gasteiger partial charge in [0.1, 0.15) is 6.07 Å². The summed E-state index contributed by atoms with van der Waals surface area (Å²) in [5.74, 6) is 0. The number of aromatic nitrogens is 1. The van der Waals surface area contributed by atoms with Crippen LogP contribution in [0, 0.1) is 11.3 Å². The zero-order chi connectivity index (χ0) is 13.9. The van der Waals surface area contributed by atoms with Crippen molar-refractivity contribution in [1.29, 1.82) is 5.26 Å². The van der Waals surface area contributed by atoms with Gasteiger partial charge in [0.25, 0.3) is 0 Å². The average molecular weight is 280 g/mol. The van der Waals surface area contributed by atoms with E-state index in [2.05, 4.69) is 16.4 Å². The van der Waals surface area contributed by atoms with E-state index in [9.17, 15) is 5.26 Å². The predicted molar refractivity (Wildman–Crippen MR) is 81.2 cm³/mol. The van der Waals surface area contributed by atoms with Crippen LogP contribution in [0.2, 0.25) is 5.02 Å². The van der Waals surface area contributed by atoms with Crippen LogP contribution in [0.5, 0.6) is 0 Å². The van der Waals surface area contributed by atoms with Crippen LogP contribution in [0.15, 0.2) is 54.7 Å². The van der Waals surface area contributed by atoms with Crippen molar-refractivity contribution in [2.45, 2.75) is 0 Å². The lowest BCUT2D eigenvalue weighted by Gasteiger charge is -2.12. The molecule has 0 aliphatic rings. The van der Waals surface area contributed by atoms with Crippen LogP contribution < -0.4 is 5.32 Å². The Labute approximate surface area is 121 Å². The highest BCUT2D eigenvalue weighted by atomic mass is 35.5. The molecule has 4 heteroatoms. The molecule has 0 saturated heterocycles. The van der Waals surface area contributed by atoms with Gasteiger partial charge in [-0.2, -0.15) is 5.26 Å². The topological polar surface area (TPSA) is 48.7 Å². The van der Waals surface area contributed by atoms with Crippen LogP contribution in [0.25, 0.3) is 10.9 Å². The molecule has 0 fully saturated rings. The van der Waals surface area contributed by atoms with Crippen LogP contribution in [0.3, 0.4) is 0 Å². The van der Waals surface area contributed by atoms with Gasteiger partial charge in [-0.15, -0.1) is 0 Å². The van der Waals surface area contributed by atoms with Crippen molar-refractivity contribution in [1.82, 2.24) is 4.98 Å². The van der Waals surface area contributed by atoms with Crippen LogP contribution in [0.1, 0.15) is 5.56 Å². The van der Waals surface area contributed by atoms with Gasteiger partial charge >= 0.3 is 0 Å². The highest BCUT2D eigenvalue weighted by Gasteiger charge is 2.09. The smallest absolute Gasteiger partial charge is 0.103 e. The lowest BCUT2D eigenvalue weighted by atomic mass is 10.1. The van der Waals surface area contributed by atoms with Gasteiger partial charge in [0.15, 0.2) is 0 Å². The summed E-state index contributed by atoms with van der Waals surface area (Å²) >= 11 is 6.16. The zero-order valence-corrected chi connectivity index (χ0v) is 11.2. The van der Waals surface area contributed by atoms with Crippen LogP contribution in [-0.4, -0.2) is 4.98 Å². The Kier molecular flexibility index (Phi) is 3.24. The van der Waals surface area contributed by atoms with E-state index in [-0.39, 0.29) is 0 Å². The van der Waals surface area contributed by atoms with E-state index in [4.69, 9.17) is 11.6 Å². The molecule has 0 bridgehead atoms. The van der Waals surface area contributed by atoms with Crippen LogP contribution in [-0.2, 0) is 0 Å². The highest BCUT2D eigenvalue weighted by molar-refractivity contribution is 6.33. The van der Waals surface area contributed by atoms with E-state index in [0.717, 1.165) is 22.3 Å². The van der Waals surface area contributed by atoms with E-state index >= 15 is 0 Å². The lowest BCUT2D eigenvalue weighted by molar-refractivity contribution is 1.36. The summed E-state index contributed by atoms with van der Waals surface area (Å²) in [6.07, 6.45) is 1.57. The van der Waals surface area contributed by atoms with Crippen molar-refractivity contribution >= 4 is 33.9 Å². The minimum Gasteiger partial charge on any atom is -0.353 e. The van der Waals surface area contributed by atoms with Crippen molar-refractivity contribution in [2.75, 3.05) is 5.32 Å². The van der Waals surface area contributed by atoms with Gasteiger partial charge in [-0.25, -0.2) is 0 Å². The molecule has 20 heavy (non-hydrogen) atoms. The van der Waals surface area contributed by atoms with Crippen LogP contribution in [0.4, 0.5) is 11.4 Å². The van der Waals surface area contributed by atoms with Crippen LogP contribution >= 0.6 is 11.6 Å². The van der Waals surface area contributed by atoms with Gasteiger partial charge in [-0.3, -0.25) is 4.98 Å². The van der Waals surface area contributed by atoms with E-state index < -0.39 is 0 Å². The number of nitriles is 1. The Morgan fingerprint density at radius 3 is 2.60 bits per heavy atom. The van der Waals surface area contributed by atoms with E-state index in [0.29, 0.717) is 10.6 Å². The molecule has 1 aromatic heterocycles. The fourth-order valence-electron chi connectivity index (χ4n) is 2.06. The SMILES string of the molecule is N#Cc1cnc2ccccc2c1Nc1ccccc1Cl. The number of benzene rings is 2. The Bertz CT molecular complexity index is 821. The minimum absolute atomic E-state index is 0.489. The molecule has 0 unspecified atom stereocenters. The van der Waals surface area contributed by atoms with Gasteiger partial charge in [-0.05, 0) is 18.2 Å². The number of fused-ring (bicyclic) bond motifs is 1. The number of nitrogens with one attached hydrogen (secondary N) is 1. The summed E-state index contributed by atoms with van der Waals surface area (Å²) < 4.78 is 0. The summed E-state index contributed by atoms with van der Waals surface area (Å²) in [6, 6.07) is 17.3. The summed E-state index contributed by atoms with van der Waals surface area (Å²) in [6.45, 7) is 0. The molecule has 3 aromatic rings. The molecule has 96 valence electrons. The summed E-state index contributed by atoms with van der Waals surface area (Å²) in [7, 11) is 0. The first-order valence-electron chi connectivity index (χ1n) is 6.09. The number of halogens is 1. The van der Waals surface area contributed by atoms with Gasteiger partial charge in [0.05, 0.1) is 27.5 Å². The summed E-state index contributed by atoms with van der Waals surface area (Å²) in [4.78, 5) is 4.28. The molecular formula is C16H10ClN3. The van der Waals surface area contributed by atoms with E-state index in [1.807, 2.05) is 42.5 Å². The largest absolute Gasteiger partial charge is 0.353 e. The quantitative estimate of drug-likeness (QED) is 0.751. The Morgan fingerprint density at radius 1 is 1.05 bits per heavy atom. The molecule has 0 spiro atoms. The second-order valence-corrected chi connectivity index (χ2v) is 4.69. The third-order valence-electron chi connectivity index (χ3n) is 3.03. The molecule has 3 rings (SSSR count). The van der Waals surface area contributed by atoms with E-state index in [1.165, 1.54) is 0 Å². The molecule has 0 aliphatic carbocycles. The van der Waals surface area contributed by atoms with Crippen molar-refractivity contribution in [3.63, 3.8) is 0 Å². The maximum absolute atomic E-state index is 9.26. The fourth-order valence-corrected chi connectivity index (χ4v) is 2.24. The number of anilines is 2. The normalized spacial score (nSPS) is 10.2. The highest BCUT2D eigenvalue weighted by Crippen LogP contribution is 2.31. The number of rotatable bonds is 2. The molecule has 1 N–H and O–H groups in total. The standard InChI is InChI=1S/C16H10ClN3/c17-13-6-2-4-8-15(13)20-16-11(9-18)10-19-14-7-3-1-5-12(14)16/h1-8,10H,(H,19,20). The van der Waals surface area contributed by atoms with Crippen molar-refractivity contribution in [3.05, 3.63) is 65.3 Å². The van der Waals surface area contributed by atoms with Crippen molar-refractivity contribution < 1.29 is 0 Å². The first-order chi connectivity index (χ1) is 9.79. The number of pyridine rings is 1. The molecule has 0 radical (unpaired) electrons. The maximum Gasteiger partial charge on any atom is 0.103 e. The molecular weight excluding hydrogens is 270 g/mol. The average Bonchev–Trinajstić information content (AvgIpc) is 2.50. The van der Waals surface area contributed by atoms with Gasteiger partial charge < -0.3 is 5.32 Å². The second kappa shape index (κ2) is 5.20. The number of para-hydroxylation sites is 2. The number of hydrogen-bond acceptors (Lipinski definition) is 3. The lowest BCUT2D eigenvalue weighted by Crippen LogP contribution is -1.97. The second-order valence-electron chi connectivity index (χ2n) is 4.28. The maximum atomic E-state index is 9.26. The summed E-state index contributed by atoms with van der Waals surface area (Å²) in [5.41, 5.74) is 2.82. The molecule has 0 saturated carbocycles. The fraction of sp³-hybridized carbons (Fsp3) is 0. The molecule has 0 atom stereocenters. The molecule has 2 aromatic carbocycles. The first-order valence-corrected chi connectivity index (χ1v) is 6.47. The third-order valence-corrected chi connectivity index (χ3v) is 3.36. The minimum atomic E-state index is 0.489. The molecule has 0 amide bonds. The third kappa shape index (κ3) is 2.18. The van der Waals surface area contributed by atoms with Gasteiger partial charge in [-0.1, -0.05) is 41.9 Å². The number of nitrogens with zero attached hydrogens (tertiary/aromatic N) is 2. The molecule has 0 aliphatic heterocycles. The number of hydrogen-bond donors (Lipinski definition) is 1. The van der Waals surface area contributed by atoms with Crippen molar-refractivity contribution in [3.8, 4) is 6.07 Å². The van der Waals surface area contributed by atoms with E-state index in [1.54, 1.807) is 12.3 Å². The Morgan fingerprint density at radius 2 is 1.80 bits per heavy atom. The monoisotopic (exact) mass is 279 g/mol. The molecule has 1 heterocycles. The van der Waals surface area contributed by atoms with Crippen molar-refractivity contribution in [2.24, 2.45) is 0 Å². The van der Waals surface area contributed by atoms with Gasteiger partial charge in [0.2, 0.25) is 0 Å². The molecule has 3 nitrogen and oxygen atoms in total. The Balaban J connectivity index is 2.20. The summed E-state index contributed by atoms with van der Waals surface area (Å²) in [5, 5.41) is 14.0. The Hall–Kier alpha value is -2.57. The predicted octanol–water partition coefficient (Wildman–Crippen LogP) is 4.50.